The average molecular weight is 271 g/mol. The fourth-order valence-corrected chi connectivity index (χ4v) is 1.60. The first-order chi connectivity index (χ1) is 4.72. The first-order valence-corrected chi connectivity index (χ1v) is 6.12. The summed E-state index contributed by atoms with van der Waals surface area (Å²) >= 11 is 4.13. The molecule has 0 aliphatic carbocycles. The second kappa shape index (κ2) is 6.49. The van der Waals surface area contributed by atoms with Gasteiger partial charge in [-0.1, -0.05) is 34.7 Å². The standard InChI is InChI=1S/C7H14INS/c1-6(5-8)7(9)3-4-10-2/h7H,1,3-5,9H2,2H3/t7-/m0/s1. The van der Waals surface area contributed by atoms with E-state index in [-0.39, 0.29) is 6.04 Å². The maximum Gasteiger partial charge on any atom is 0.0266 e. The molecule has 1 atom stereocenters. The number of rotatable bonds is 5. The van der Waals surface area contributed by atoms with E-state index in [1.165, 1.54) is 0 Å². The minimum atomic E-state index is 0.212. The lowest BCUT2D eigenvalue weighted by Crippen LogP contribution is -2.23. The Morgan fingerprint density at radius 3 is 2.80 bits per heavy atom. The molecule has 3 heteroatoms. The summed E-state index contributed by atoms with van der Waals surface area (Å²) < 4.78 is 0.979. The Labute approximate surface area is 81.0 Å². The van der Waals surface area contributed by atoms with E-state index >= 15 is 0 Å². The van der Waals surface area contributed by atoms with Crippen molar-refractivity contribution in [1.82, 2.24) is 0 Å². The van der Waals surface area contributed by atoms with Crippen LogP contribution in [0.3, 0.4) is 0 Å². The molecule has 0 rings (SSSR count). The van der Waals surface area contributed by atoms with Gasteiger partial charge < -0.3 is 5.73 Å². The molecule has 0 aromatic rings. The third kappa shape index (κ3) is 4.57. The molecule has 0 saturated carbocycles. The molecule has 0 aliphatic rings. The summed E-state index contributed by atoms with van der Waals surface area (Å²) in [6, 6.07) is 0.212. The van der Waals surface area contributed by atoms with E-state index in [0.29, 0.717) is 0 Å². The highest BCUT2D eigenvalue weighted by molar-refractivity contribution is 14.1. The highest BCUT2D eigenvalue weighted by Crippen LogP contribution is 2.07. The second-order valence-corrected chi connectivity index (χ2v) is 3.93. The number of halogens is 1. The number of nitrogens with two attached hydrogens (primary N) is 1. The van der Waals surface area contributed by atoms with Gasteiger partial charge in [-0.05, 0) is 18.4 Å². The fourth-order valence-electron chi connectivity index (χ4n) is 0.548. The normalized spacial score (nSPS) is 13.1. The Balaban J connectivity index is 3.41. The van der Waals surface area contributed by atoms with E-state index in [0.717, 1.165) is 22.2 Å². The highest BCUT2D eigenvalue weighted by Gasteiger charge is 2.03. The lowest BCUT2D eigenvalue weighted by Gasteiger charge is -2.10. The van der Waals surface area contributed by atoms with Gasteiger partial charge in [-0.25, -0.2) is 0 Å². The van der Waals surface area contributed by atoms with E-state index in [1.807, 2.05) is 11.8 Å². The molecule has 0 fully saturated rings. The molecule has 0 heterocycles. The van der Waals surface area contributed by atoms with Gasteiger partial charge in [0, 0.05) is 10.5 Å². The summed E-state index contributed by atoms with van der Waals surface area (Å²) in [5.74, 6) is 1.14. The van der Waals surface area contributed by atoms with Gasteiger partial charge in [-0.3, -0.25) is 0 Å². The van der Waals surface area contributed by atoms with Crippen molar-refractivity contribution in [2.45, 2.75) is 12.5 Å². The molecule has 0 aromatic carbocycles. The summed E-state index contributed by atoms with van der Waals surface area (Å²) in [6.45, 7) is 3.88. The van der Waals surface area contributed by atoms with Gasteiger partial charge in [-0.2, -0.15) is 11.8 Å². The fraction of sp³-hybridized carbons (Fsp3) is 0.714. The molecular formula is C7H14INS. The number of alkyl halides is 1. The van der Waals surface area contributed by atoms with Crippen LogP contribution in [-0.2, 0) is 0 Å². The largest absolute Gasteiger partial charge is 0.324 e. The van der Waals surface area contributed by atoms with Crippen LogP contribution < -0.4 is 5.73 Å². The van der Waals surface area contributed by atoms with Crippen molar-refractivity contribution < 1.29 is 0 Å². The van der Waals surface area contributed by atoms with Crippen molar-refractivity contribution >= 4 is 34.4 Å². The molecule has 2 N–H and O–H groups in total. The van der Waals surface area contributed by atoms with Gasteiger partial charge in [-0.15, -0.1) is 0 Å². The first kappa shape index (κ1) is 10.8. The predicted molar refractivity (Wildman–Crippen MR) is 59.0 cm³/mol. The minimum absolute atomic E-state index is 0.212. The Bertz CT molecular complexity index is 106. The van der Waals surface area contributed by atoms with Gasteiger partial charge in [0.05, 0.1) is 0 Å². The van der Waals surface area contributed by atoms with E-state index in [4.69, 9.17) is 5.73 Å². The van der Waals surface area contributed by atoms with Gasteiger partial charge in [0.25, 0.3) is 0 Å². The lowest BCUT2D eigenvalue weighted by molar-refractivity contribution is 0.754. The van der Waals surface area contributed by atoms with E-state index in [1.54, 1.807) is 0 Å². The van der Waals surface area contributed by atoms with Crippen LogP contribution >= 0.6 is 34.4 Å². The summed E-state index contributed by atoms with van der Waals surface area (Å²) in [5.41, 5.74) is 6.96. The van der Waals surface area contributed by atoms with Crippen LogP contribution in [0.15, 0.2) is 12.2 Å². The molecule has 0 spiro atoms. The third-order valence-corrected chi connectivity index (χ3v) is 2.95. The Morgan fingerprint density at radius 2 is 2.40 bits per heavy atom. The second-order valence-electron chi connectivity index (χ2n) is 2.18. The SMILES string of the molecule is C=C(CI)[C@@H](N)CCSC. The summed E-state index contributed by atoms with van der Waals surface area (Å²) in [5, 5.41) is 0. The van der Waals surface area contributed by atoms with Crippen molar-refractivity contribution in [3.8, 4) is 0 Å². The summed E-state index contributed by atoms with van der Waals surface area (Å²) in [7, 11) is 0. The quantitative estimate of drug-likeness (QED) is 0.470. The van der Waals surface area contributed by atoms with Crippen LogP contribution in [0.2, 0.25) is 0 Å². The summed E-state index contributed by atoms with van der Waals surface area (Å²) in [6.07, 6.45) is 3.16. The van der Waals surface area contributed by atoms with E-state index in [2.05, 4.69) is 35.4 Å². The van der Waals surface area contributed by atoms with Crippen LogP contribution in [0.1, 0.15) is 6.42 Å². The molecule has 0 aromatic heterocycles. The van der Waals surface area contributed by atoms with Crippen LogP contribution in [0.25, 0.3) is 0 Å². The molecule has 0 unspecified atom stereocenters. The molecule has 10 heavy (non-hydrogen) atoms. The monoisotopic (exact) mass is 271 g/mol. The molecular weight excluding hydrogens is 257 g/mol. The number of thioether (sulfide) groups is 1. The van der Waals surface area contributed by atoms with E-state index < -0.39 is 0 Å². The van der Waals surface area contributed by atoms with Crippen molar-refractivity contribution in [2.24, 2.45) is 5.73 Å². The molecule has 0 aliphatic heterocycles. The smallest absolute Gasteiger partial charge is 0.0266 e. The Kier molecular flexibility index (Phi) is 6.99. The number of hydrogen-bond acceptors (Lipinski definition) is 2. The van der Waals surface area contributed by atoms with Gasteiger partial charge in [0.15, 0.2) is 0 Å². The average Bonchev–Trinajstić information content (AvgIpc) is 1.98. The molecule has 60 valence electrons. The molecule has 0 amide bonds. The zero-order chi connectivity index (χ0) is 7.98. The molecule has 1 nitrogen and oxygen atoms in total. The highest BCUT2D eigenvalue weighted by atomic mass is 127. The predicted octanol–water partition coefficient (Wildman–Crippen LogP) is 2.06. The minimum Gasteiger partial charge on any atom is -0.324 e. The maximum absolute atomic E-state index is 5.80. The third-order valence-electron chi connectivity index (χ3n) is 1.33. The van der Waals surface area contributed by atoms with Gasteiger partial charge in [0.2, 0.25) is 0 Å². The van der Waals surface area contributed by atoms with Crippen LogP contribution in [0.5, 0.6) is 0 Å². The first-order valence-electron chi connectivity index (χ1n) is 3.20. The van der Waals surface area contributed by atoms with Crippen LogP contribution in [0.4, 0.5) is 0 Å². The topological polar surface area (TPSA) is 26.0 Å². The number of hydrogen-bond donors (Lipinski definition) is 1. The lowest BCUT2D eigenvalue weighted by atomic mass is 10.1. The molecule has 0 saturated heterocycles. The van der Waals surface area contributed by atoms with Crippen molar-refractivity contribution in [3.05, 3.63) is 12.2 Å². The maximum atomic E-state index is 5.80. The Hall–Kier alpha value is 0.780. The molecule has 0 radical (unpaired) electrons. The van der Waals surface area contributed by atoms with Gasteiger partial charge >= 0.3 is 0 Å². The summed E-state index contributed by atoms with van der Waals surface area (Å²) in [4.78, 5) is 0. The zero-order valence-electron chi connectivity index (χ0n) is 6.27. The van der Waals surface area contributed by atoms with E-state index in [9.17, 15) is 0 Å². The van der Waals surface area contributed by atoms with Gasteiger partial charge in [0.1, 0.15) is 0 Å². The Morgan fingerprint density at radius 1 is 1.80 bits per heavy atom. The molecule has 0 bridgehead atoms. The van der Waals surface area contributed by atoms with Crippen LogP contribution in [-0.4, -0.2) is 22.5 Å². The van der Waals surface area contributed by atoms with Crippen LogP contribution in [0, 0.1) is 0 Å². The van der Waals surface area contributed by atoms with Crippen molar-refractivity contribution in [3.63, 3.8) is 0 Å². The van der Waals surface area contributed by atoms with Crippen molar-refractivity contribution in [1.29, 1.82) is 0 Å². The zero-order valence-corrected chi connectivity index (χ0v) is 9.24. The van der Waals surface area contributed by atoms with Crippen molar-refractivity contribution in [2.75, 3.05) is 16.4 Å².